The van der Waals surface area contributed by atoms with E-state index in [-0.39, 0.29) is 25.0 Å². The number of nitrogens with zero attached hydrogens (tertiary/aromatic N) is 1. The molecule has 212 valence electrons. The number of carbonyl (C=O) groups is 2. The van der Waals surface area contributed by atoms with E-state index in [0.717, 1.165) is 11.1 Å². The van der Waals surface area contributed by atoms with Crippen molar-refractivity contribution >= 4 is 23.4 Å². The van der Waals surface area contributed by atoms with Gasteiger partial charge < -0.3 is 24.4 Å². The number of para-hydroxylation sites is 1. The lowest BCUT2D eigenvalue weighted by Gasteiger charge is -2.31. The normalized spacial score (nSPS) is 11.3. The molecule has 0 aromatic heterocycles. The molecule has 0 saturated carbocycles. The minimum atomic E-state index is -0.885. The molecule has 4 aromatic carbocycles. The summed E-state index contributed by atoms with van der Waals surface area (Å²) in [6.45, 7) is 0.331. The minimum Gasteiger partial charge on any atom is -0.493 e. The second kappa shape index (κ2) is 14.8. The molecule has 0 aliphatic heterocycles. The van der Waals surface area contributed by atoms with Gasteiger partial charge in [-0.25, -0.2) is 0 Å². The van der Waals surface area contributed by atoms with Crippen molar-refractivity contribution in [2.45, 2.75) is 19.0 Å². The molecule has 0 radical (unpaired) electrons. The number of amides is 2. The van der Waals surface area contributed by atoms with Gasteiger partial charge in [-0.1, -0.05) is 78.3 Å². The lowest BCUT2D eigenvalue weighted by atomic mass is 10.0. The smallest absolute Gasteiger partial charge is 0.261 e. The highest BCUT2D eigenvalue weighted by Crippen LogP contribution is 2.28. The number of benzene rings is 4. The van der Waals surface area contributed by atoms with E-state index in [1.54, 1.807) is 43.4 Å². The fraction of sp³-hybridized carbons (Fsp3) is 0.212. The number of nitrogens with one attached hydrogen (secondary N) is 1. The molecule has 0 fully saturated rings. The predicted molar refractivity (Wildman–Crippen MR) is 159 cm³/mol. The van der Waals surface area contributed by atoms with Crippen molar-refractivity contribution in [3.63, 3.8) is 0 Å². The van der Waals surface area contributed by atoms with Gasteiger partial charge in [-0.15, -0.1) is 0 Å². The van der Waals surface area contributed by atoms with Gasteiger partial charge >= 0.3 is 0 Å². The maximum absolute atomic E-state index is 13.8. The van der Waals surface area contributed by atoms with E-state index in [0.29, 0.717) is 40.8 Å². The van der Waals surface area contributed by atoms with E-state index in [1.807, 2.05) is 78.9 Å². The lowest BCUT2D eigenvalue weighted by Crippen LogP contribution is -2.45. The van der Waals surface area contributed by atoms with Crippen LogP contribution in [0, 0.1) is 0 Å². The largest absolute Gasteiger partial charge is 0.493 e. The summed E-state index contributed by atoms with van der Waals surface area (Å²) in [6, 6.07) is 30.4. The Morgan fingerprint density at radius 2 is 1.44 bits per heavy atom. The van der Waals surface area contributed by atoms with Gasteiger partial charge in [0.05, 0.1) is 14.2 Å². The number of rotatable bonds is 13. The van der Waals surface area contributed by atoms with Gasteiger partial charge in [-0.3, -0.25) is 9.59 Å². The quantitative estimate of drug-likeness (QED) is 0.217. The van der Waals surface area contributed by atoms with E-state index in [1.165, 1.54) is 0 Å². The van der Waals surface area contributed by atoms with Gasteiger partial charge in [0.25, 0.3) is 5.91 Å². The zero-order valence-electron chi connectivity index (χ0n) is 23.1. The van der Waals surface area contributed by atoms with Crippen molar-refractivity contribution in [2.24, 2.45) is 0 Å². The van der Waals surface area contributed by atoms with Gasteiger partial charge in [0.2, 0.25) is 5.91 Å². The fourth-order valence-corrected chi connectivity index (χ4v) is 4.55. The SMILES string of the molecule is COc1ccc(CCNC(=O)[C@@H](c2ccccc2)N(Cc2ccc(Cl)cc2)C(=O)COc2ccccc2)cc1OC. The maximum Gasteiger partial charge on any atom is 0.261 e. The van der Waals surface area contributed by atoms with Crippen LogP contribution in [-0.2, 0) is 22.6 Å². The Hall–Kier alpha value is -4.49. The van der Waals surface area contributed by atoms with Crippen LogP contribution < -0.4 is 19.5 Å². The molecule has 0 saturated heterocycles. The molecule has 0 bridgehead atoms. The number of halogens is 1. The fourth-order valence-electron chi connectivity index (χ4n) is 4.43. The second-order valence-electron chi connectivity index (χ2n) is 9.29. The van der Waals surface area contributed by atoms with Crippen molar-refractivity contribution in [1.82, 2.24) is 10.2 Å². The average molecular weight is 573 g/mol. The van der Waals surface area contributed by atoms with Crippen LogP contribution in [0.5, 0.6) is 17.2 Å². The average Bonchev–Trinajstić information content (AvgIpc) is 3.01. The van der Waals surface area contributed by atoms with Gasteiger partial charge in [0.15, 0.2) is 18.1 Å². The summed E-state index contributed by atoms with van der Waals surface area (Å²) in [7, 11) is 3.17. The molecule has 8 heteroatoms. The van der Waals surface area contributed by atoms with Crippen LogP contribution in [0.15, 0.2) is 103 Å². The molecular weight excluding hydrogens is 540 g/mol. The number of ether oxygens (including phenoxy) is 3. The van der Waals surface area contributed by atoms with Gasteiger partial charge in [0, 0.05) is 18.1 Å². The van der Waals surface area contributed by atoms with Crippen LogP contribution in [-0.4, -0.2) is 44.1 Å². The Kier molecular flexibility index (Phi) is 10.6. The third-order valence-electron chi connectivity index (χ3n) is 6.53. The number of carbonyl (C=O) groups excluding carboxylic acids is 2. The summed E-state index contributed by atoms with van der Waals surface area (Å²) >= 11 is 6.10. The van der Waals surface area contributed by atoms with Crippen LogP contribution >= 0.6 is 11.6 Å². The molecule has 1 N–H and O–H groups in total. The van der Waals surface area contributed by atoms with Crippen molar-refractivity contribution in [2.75, 3.05) is 27.4 Å². The van der Waals surface area contributed by atoms with E-state index in [2.05, 4.69) is 5.32 Å². The Morgan fingerprint density at radius 1 is 0.805 bits per heavy atom. The number of hydrogen-bond acceptors (Lipinski definition) is 5. The number of methoxy groups -OCH3 is 2. The van der Waals surface area contributed by atoms with Crippen LogP contribution in [0.25, 0.3) is 0 Å². The maximum atomic E-state index is 13.8. The van der Waals surface area contributed by atoms with Crippen molar-refractivity contribution < 1.29 is 23.8 Å². The molecule has 0 spiro atoms. The molecule has 0 aliphatic carbocycles. The Balaban J connectivity index is 1.56. The standard InChI is InChI=1S/C33H33ClN2O5/c1-39-29-18-15-24(21-30(29)40-2)19-20-35-33(38)32(26-9-5-3-6-10-26)36(22-25-13-16-27(34)17-14-25)31(37)23-41-28-11-7-4-8-12-28/h3-18,21,32H,19-20,22-23H2,1-2H3,(H,35,38)/t32-/m1/s1. The van der Waals surface area contributed by atoms with E-state index < -0.39 is 6.04 Å². The molecule has 2 amide bonds. The minimum absolute atomic E-state index is 0.191. The third-order valence-corrected chi connectivity index (χ3v) is 6.78. The highest BCUT2D eigenvalue weighted by atomic mass is 35.5. The van der Waals surface area contributed by atoms with Crippen LogP contribution in [0.3, 0.4) is 0 Å². The molecule has 4 rings (SSSR count). The summed E-state index contributed by atoms with van der Waals surface area (Å²) < 4.78 is 16.5. The zero-order chi connectivity index (χ0) is 29.0. The summed E-state index contributed by atoms with van der Waals surface area (Å²) in [5.41, 5.74) is 2.50. The van der Waals surface area contributed by atoms with Crippen LogP contribution in [0.1, 0.15) is 22.7 Å². The van der Waals surface area contributed by atoms with Gasteiger partial charge in [0.1, 0.15) is 11.8 Å². The van der Waals surface area contributed by atoms with Crippen molar-refractivity contribution in [3.8, 4) is 17.2 Å². The summed E-state index contributed by atoms with van der Waals surface area (Å²) in [5, 5.41) is 3.62. The summed E-state index contributed by atoms with van der Waals surface area (Å²) in [6.07, 6.45) is 0.565. The van der Waals surface area contributed by atoms with Crippen molar-refractivity contribution in [3.05, 3.63) is 125 Å². The first-order valence-corrected chi connectivity index (χ1v) is 13.6. The molecule has 0 heterocycles. The Labute approximate surface area is 245 Å². The topological polar surface area (TPSA) is 77.1 Å². The molecule has 0 unspecified atom stereocenters. The highest BCUT2D eigenvalue weighted by Gasteiger charge is 2.31. The molecule has 0 aliphatic rings. The first-order valence-electron chi connectivity index (χ1n) is 13.2. The van der Waals surface area contributed by atoms with Gasteiger partial charge in [-0.2, -0.15) is 0 Å². The number of hydrogen-bond donors (Lipinski definition) is 1. The first kappa shape index (κ1) is 29.5. The van der Waals surface area contributed by atoms with Gasteiger partial charge in [-0.05, 0) is 59.5 Å². The second-order valence-corrected chi connectivity index (χ2v) is 9.73. The molecule has 1 atom stereocenters. The predicted octanol–water partition coefficient (Wildman–Crippen LogP) is 5.87. The summed E-state index contributed by atoms with van der Waals surface area (Å²) in [5.74, 6) is 1.21. The highest BCUT2D eigenvalue weighted by molar-refractivity contribution is 6.30. The van der Waals surface area contributed by atoms with E-state index in [4.69, 9.17) is 25.8 Å². The monoisotopic (exact) mass is 572 g/mol. The Bertz CT molecular complexity index is 1420. The summed E-state index contributed by atoms with van der Waals surface area (Å²) in [4.78, 5) is 29.1. The zero-order valence-corrected chi connectivity index (χ0v) is 23.8. The lowest BCUT2D eigenvalue weighted by molar-refractivity contribution is -0.143. The third kappa shape index (κ3) is 8.25. The van der Waals surface area contributed by atoms with Crippen molar-refractivity contribution in [1.29, 1.82) is 0 Å². The Morgan fingerprint density at radius 3 is 2.10 bits per heavy atom. The van der Waals surface area contributed by atoms with Crippen LogP contribution in [0.2, 0.25) is 5.02 Å². The molecule has 7 nitrogen and oxygen atoms in total. The van der Waals surface area contributed by atoms with Crippen LogP contribution in [0.4, 0.5) is 0 Å². The first-order chi connectivity index (χ1) is 20.0. The van der Waals surface area contributed by atoms with E-state index in [9.17, 15) is 9.59 Å². The van der Waals surface area contributed by atoms with E-state index >= 15 is 0 Å². The molecule has 41 heavy (non-hydrogen) atoms. The molecular formula is C33H33ClN2O5. The molecule has 4 aromatic rings.